The number of aliphatic hydroxyl groups excluding tert-OH is 1. The van der Waals surface area contributed by atoms with E-state index in [1.165, 1.54) is 0 Å². The summed E-state index contributed by atoms with van der Waals surface area (Å²) in [6.07, 6.45) is 1.50. The maximum absolute atomic E-state index is 8.96. The van der Waals surface area contributed by atoms with E-state index in [1.54, 1.807) is 13.1 Å². The Kier molecular flexibility index (Phi) is 3.25. The van der Waals surface area contributed by atoms with Crippen LogP contribution in [0.15, 0.2) is 6.20 Å². The standard InChI is InChI=1S/C8H15N3O/c1-6(12)3-9-4-8-5-10-11-7(8)2/h5-6,9,12H,3-4H2,1-2H3,(H,10,11). The van der Waals surface area contributed by atoms with Gasteiger partial charge >= 0.3 is 0 Å². The van der Waals surface area contributed by atoms with Gasteiger partial charge in [-0.25, -0.2) is 0 Å². The van der Waals surface area contributed by atoms with Gasteiger partial charge < -0.3 is 10.4 Å². The van der Waals surface area contributed by atoms with Gasteiger partial charge in [0.25, 0.3) is 0 Å². The van der Waals surface area contributed by atoms with Crippen LogP contribution in [0, 0.1) is 6.92 Å². The zero-order valence-corrected chi connectivity index (χ0v) is 7.46. The molecule has 0 spiro atoms. The third-order valence-electron chi connectivity index (χ3n) is 1.69. The Hall–Kier alpha value is -0.870. The quantitative estimate of drug-likeness (QED) is 0.603. The van der Waals surface area contributed by atoms with E-state index in [1.807, 2.05) is 6.92 Å². The van der Waals surface area contributed by atoms with E-state index in [2.05, 4.69) is 15.5 Å². The molecule has 1 atom stereocenters. The largest absolute Gasteiger partial charge is 0.392 e. The number of nitrogens with one attached hydrogen (secondary N) is 2. The summed E-state index contributed by atoms with van der Waals surface area (Å²) in [5.74, 6) is 0. The van der Waals surface area contributed by atoms with Gasteiger partial charge in [-0.15, -0.1) is 0 Å². The van der Waals surface area contributed by atoms with Crippen molar-refractivity contribution in [1.29, 1.82) is 0 Å². The molecule has 0 fully saturated rings. The topological polar surface area (TPSA) is 60.9 Å². The number of hydrogen-bond acceptors (Lipinski definition) is 3. The molecule has 1 unspecified atom stereocenters. The van der Waals surface area contributed by atoms with E-state index < -0.39 is 0 Å². The van der Waals surface area contributed by atoms with E-state index in [0.717, 1.165) is 17.8 Å². The normalized spacial score (nSPS) is 13.2. The van der Waals surface area contributed by atoms with Crippen molar-refractivity contribution < 1.29 is 5.11 Å². The second-order valence-electron chi connectivity index (χ2n) is 3.00. The van der Waals surface area contributed by atoms with Crippen LogP contribution in [0.4, 0.5) is 0 Å². The average molecular weight is 169 g/mol. The van der Waals surface area contributed by atoms with Crippen molar-refractivity contribution in [2.75, 3.05) is 6.54 Å². The lowest BCUT2D eigenvalue weighted by Crippen LogP contribution is -2.23. The predicted octanol–water partition coefficient (Wildman–Crippen LogP) is 0.189. The predicted molar refractivity (Wildman–Crippen MR) is 46.7 cm³/mol. The number of hydrogen-bond donors (Lipinski definition) is 3. The molecule has 4 nitrogen and oxygen atoms in total. The first-order valence-corrected chi connectivity index (χ1v) is 4.07. The highest BCUT2D eigenvalue weighted by Crippen LogP contribution is 2.00. The Bertz CT molecular complexity index is 232. The fraction of sp³-hybridized carbons (Fsp3) is 0.625. The highest BCUT2D eigenvalue weighted by Gasteiger charge is 1.99. The molecule has 3 N–H and O–H groups in total. The molecule has 0 saturated carbocycles. The first-order valence-electron chi connectivity index (χ1n) is 4.07. The van der Waals surface area contributed by atoms with Crippen molar-refractivity contribution in [1.82, 2.24) is 15.5 Å². The zero-order chi connectivity index (χ0) is 8.97. The van der Waals surface area contributed by atoms with Gasteiger partial charge in [-0.3, -0.25) is 5.10 Å². The first kappa shape index (κ1) is 9.22. The van der Waals surface area contributed by atoms with Crippen molar-refractivity contribution in [3.63, 3.8) is 0 Å². The van der Waals surface area contributed by atoms with E-state index in [-0.39, 0.29) is 6.10 Å². The molecule has 68 valence electrons. The summed E-state index contributed by atoms with van der Waals surface area (Å²) >= 11 is 0. The lowest BCUT2D eigenvalue weighted by atomic mass is 10.2. The van der Waals surface area contributed by atoms with Crippen LogP contribution >= 0.6 is 0 Å². The molecule has 0 aliphatic carbocycles. The van der Waals surface area contributed by atoms with Gasteiger partial charge in [0.2, 0.25) is 0 Å². The molecule has 0 aliphatic rings. The molecule has 1 heterocycles. The molecule has 0 aliphatic heterocycles. The molecule has 1 aromatic heterocycles. The number of H-pyrrole nitrogens is 1. The van der Waals surface area contributed by atoms with E-state index >= 15 is 0 Å². The number of aryl methyl sites for hydroxylation is 1. The summed E-state index contributed by atoms with van der Waals surface area (Å²) in [6.45, 7) is 5.11. The fourth-order valence-electron chi connectivity index (χ4n) is 0.970. The lowest BCUT2D eigenvalue weighted by molar-refractivity contribution is 0.191. The number of nitrogens with zero attached hydrogens (tertiary/aromatic N) is 1. The minimum atomic E-state index is -0.294. The molecule has 0 radical (unpaired) electrons. The number of aromatic amines is 1. The van der Waals surface area contributed by atoms with Crippen LogP contribution < -0.4 is 5.32 Å². The number of aliphatic hydroxyl groups is 1. The van der Waals surface area contributed by atoms with Crippen LogP contribution in [0.5, 0.6) is 0 Å². The SMILES string of the molecule is Cc1[nH]ncc1CNCC(C)O. The van der Waals surface area contributed by atoms with Crippen LogP contribution in [-0.2, 0) is 6.54 Å². The molecule has 4 heteroatoms. The Morgan fingerprint density at radius 3 is 3.00 bits per heavy atom. The van der Waals surface area contributed by atoms with Crippen molar-refractivity contribution in [2.45, 2.75) is 26.5 Å². The van der Waals surface area contributed by atoms with Gasteiger partial charge in [0.1, 0.15) is 0 Å². The van der Waals surface area contributed by atoms with Crippen LogP contribution in [0.3, 0.4) is 0 Å². The van der Waals surface area contributed by atoms with E-state index in [9.17, 15) is 0 Å². The van der Waals surface area contributed by atoms with Crippen molar-refractivity contribution >= 4 is 0 Å². The minimum absolute atomic E-state index is 0.294. The number of rotatable bonds is 4. The smallest absolute Gasteiger partial charge is 0.0636 e. The highest BCUT2D eigenvalue weighted by atomic mass is 16.3. The molecule has 1 rings (SSSR count). The average Bonchev–Trinajstić information content (AvgIpc) is 2.36. The molecule has 12 heavy (non-hydrogen) atoms. The Labute approximate surface area is 72.0 Å². The Morgan fingerprint density at radius 2 is 2.50 bits per heavy atom. The van der Waals surface area contributed by atoms with Crippen LogP contribution in [0.2, 0.25) is 0 Å². The number of aromatic nitrogens is 2. The highest BCUT2D eigenvalue weighted by molar-refractivity contribution is 5.13. The summed E-state index contributed by atoms with van der Waals surface area (Å²) in [6, 6.07) is 0. The molecule has 1 aromatic rings. The Balaban J connectivity index is 2.29. The maximum Gasteiger partial charge on any atom is 0.0636 e. The zero-order valence-electron chi connectivity index (χ0n) is 7.46. The lowest BCUT2D eigenvalue weighted by Gasteiger charge is -2.05. The van der Waals surface area contributed by atoms with Gasteiger partial charge in [0.15, 0.2) is 0 Å². The third kappa shape index (κ3) is 2.64. The monoisotopic (exact) mass is 169 g/mol. The molecule has 0 aromatic carbocycles. The molecular weight excluding hydrogens is 154 g/mol. The molecule has 0 bridgehead atoms. The summed E-state index contributed by atoms with van der Waals surface area (Å²) in [4.78, 5) is 0. The van der Waals surface area contributed by atoms with Gasteiger partial charge in [0, 0.05) is 24.3 Å². The van der Waals surface area contributed by atoms with Gasteiger partial charge in [-0.05, 0) is 13.8 Å². The van der Waals surface area contributed by atoms with Crippen molar-refractivity contribution in [2.24, 2.45) is 0 Å². The minimum Gasteiger partial charge on any atom is -0.392 e. The van der Waals surface area contributed by atoms with Crippen molar-refractivity contribution in [3.8, 4) is 0 Å². The van der Waals surface area contributed by atoms with E-state index in [0.29, 0.717) is 6.54 Å². The summed E-state index contributed by atoms with van der Waals surface area (Å²) in [7, 11) is 0. The van der Waals surface area contributed by atoms with Gasteiger partial charge in [-0.2, -0.15) is 5.10 Å². The summed E-state index contributed by atoms with van der Waals surface area (Å²) in [5, 5.41) is 18.8. The molecule has 0 amide bonds. The van der Waals surface area contributed by atoms with Gasteiger partial charge in [-0.1, -0.05) is 0 Å². The van der Waals surface area contributed by atoms with Gasteiger partial charge in [0.05, 0.1) is 12.3 Å². The van der Waals surface area contributed by atoms with Crippen molar-refractivity contribution in [3.05, 3.63) is 17.5 Å². The third-order valence-corrected chi connectivity index (χ3v) is 1.69. The summed E-state index contributed by atoms with van der Waals surface area (Å²) < 4.78 is 0. The first-order chi connectivity index (χ1) is 5.70. The molecular formula is C8H15N3O. The van der Waals surface area contributed by atoms with Crippen LogP contribution in [0.1, 0.15) is 18.2 Å². The van der Waals surface area contributed by atoms with Crippen LogP contribution in [-0.4, -0.2) is 28.0 Å². The summed E-state index contributed by atoms with van der Waals surface area (Å²) in [5.41, 5.74) is 2.23. The maximum atomic E-state index is 8.96. The molecule has 0 saturated heterocycles. The Morgan fingerprint density at radius 1 is 1.75 bits per heavy atom. The van der Waals surface area contributed by atoms with Crippen LogP contribution in [0.25, 0.3) is 0 Å². The second-order valence-corrected chi connectivity index (χ2v) is 3.00. The fourth-order valence-corrected chi connectivity index (χ4v) is 0.970. The van der Waals surface area contributed by atoms with E-state index in [4.69, 9.17) is 5.11 Å². The second kappa shape index (κ2) is 4.23.